The molecule has 2 aromatic rings. The van der Waals surface area contributed by atoms with Crippen LogP contribution in [0.15, 0.2) is 34.1 Å². The maximum Gasteiger partial charge on any atom is 0.275 e. The van der Waals surface area contributed by atoms with Crippen LogP contribution < -0.4 is 10.1 Å². The Bertz CT molecular complexity index is 643. The molecule has 2 rings (SSSR count). The molecule has 7 heteroatoms. The van der Waals surface area contributed by atoms with Gasteiger partial charge in [0.05, 0.1) is 23.6 Å². The number of nitrogens with zero attached hydrogens (tertiary/aromatic N) is 1. The number of benzene rings is 1. The van der Waals surface area contributed by atoms with Gasteiger partial charge in [0, 0.05) is 27.2 Å². The van der Waals surface area contributed by atoms with Gasteiger partial charge in [0.25, 0.3) is 5.69 Å². The minimum absolute atomic E-state index is 0.0147. The van der Waals surface area contributed by atoms with Crippen LogP contribution in [-0.2, 0) is 6.54 Å². The molecule has 0 saturated heterocycles. The summed E-state index contributed by atoms with van der Waals surface area (Å²) in [4.78, 5) is 11.7. The van der Waals surface area contributed by atoms with Crippen LogP contribution in [0.4, 0.5) is 11.4 Å². The molecule has 5 nitrogen and oxygen atoms in total. The van der Waals surface area contributed by atoms with Crippen molar-refractivity contribution in [3.63, 3.8) is 0 Å². The minimum Gasteiger partial charge on any atom is -0.491 e. The summed E-state index contributed by atoms with van der Waals surface area (Å²) in [5.41, 5.74) is 0.682. The van der Waals surface area contributed by atoms with E-state index in [0.29, 0.717) is 18.0 Å². The molecule has 0 saturated carbocycles. The van der Waals surface area contributed by atoms with Gasteiger partial charge in [0.1, 0.15) is 5.75 Å². The average Bonchev–Trinajstić information content (AvgIpc) is 2.81. The molecule has 0 spiro atoms. The molecule has 0 aliphatic rings. The Kier molecular flexibility index (Phi) is 5.19. The third-order valence-corrected chi connectivity index (χ3v) is 4.54. The minimum atomic E-state index is -0.417. The summed E-state index contributed by atoms with van der Waals surface area (Å²) in [5.74, 6) is 0.493. The van der Waals surface area contributed by atoms with Gasteiger partial charge in [-0.15, -0.1) is 11.3 Å². The number of non-ortho nitro benzene ring substituents is 1. The first-order valence-corrected chi connectivity index (χ1v) is 8.05. The monoisotopic (exact) mass is 370 g/mol. The lowest BCUT2D eigenvalue weighted by Crippen LogP contribution is -2.07. The van der Waals surface area contributed by atoms with Crippen LogP contribution in [0.1, 0.15) is 18.7 Å². The molecule has 0 unspecified atom stereocenters. The number of rotatable bonds is 6. The SMILES string of the molecule is CC(C)Oc1cc(NCc2sccc2Br)cc([N+](=O)[O-])c1. The second kappa shape index (κ2) is 6.91. The van der Waals surface area contributed by atoms with Gasteiger partial charge in [-0.25, -0.2) is 0 Å². The van der Waals surface area contributed by atoms with Crippen molar-refractivity contribution in [3.8, 4) is 5.75 Å². The van der Waals surface area contributed by atoms with Crippen LogP contribution in [0.3, 0.4) is 0 Å². The van der Waals surface area contributed by atoms with E-state index in [1.165, 1.54) is 12.1 Å². The van der Waals surface area contributed by atoms with E-state index < -0.39 is 4.92 Å². The zero-order valence-electron chi connectivity index (χ0n) is 11.6. The van der Waals surface area contributed by atoms with E-state index in [4.69, 9.17) is 4.74 Å². The van der Waals surface area contributed by atoms with Crippen molar-refractivity contribution in [1.29, 1.82) is 0 Å². The molecule has 0 bridgehead atoms. The average molecular weight is 371 g/mol. The molecule has 0 amide bonds. The maximum absolute atomic E-state index is 11.0. The second-order valence-corrected chi connectivity index (χ2v) is 6.54. The van der Waals surface area contributed by atoms with Gasteiger partial charge in [0.15, 0.2) is 0 Å². The molecule has 1 aromatic carbocycles. The molecule has 0 fully saturated rings. The number of nitrogens with one attached hydrogen (secondary N) is 1. The van der Waals surface area contributed by atoms with Crippen LogP contribution in [0, 0.1) is 10.1 Å². The Balaban J connectivity index is 2.19. The van der Waals surface area contributed by atoms with Gasteiger partial charge in [-0.2, -0.15) is 0 Å². The summed E-state index contributed by atoms with van der Waals surface area (Å²) >= 11 is 5.08. The van der Waals surface area contributed by atoms with E-state index in [1.54, 1.807) is 17.4 Å². The lowest BCUT2D eigenvalue weighted by atomic mass is 10.2. The zero-order valence-corrected chi connectivity index (χ0v) is 14.0. The predicted octanol–water partition coefficient (Wildman–Crippen LogP) is 4.82. The highest BCUT2D eigenvalue weighted by Gasteiger charge is 2.12. The largest absolute Gasteiger partial charge is 0.491 e. The van der Waals surface area contributed by atoms with Gasteiger partial charge < -0.3 is 10.1 Å². The number of hydrogen-bond donors (Lipinski definition) is 1. The van der Waals surface area contributed by atoms with Gasteiger partial charge in [-0.1, -0.05) is 0 Å². The maximum atomic E-state index is 11.0. The summed E-state index contributed by atoms with van der Waals surface area (Å²) in [5, 5.41) is 16.2. The van der Waals surface area contributed by atoms with Gasteiger partial charge in [-0.05, 0) is 41.2 Å². The molecule has 0 atom stereocenters. The molecular weight excluding hydrogens is 356 g/mol. The normalized spacial score (nSPS) is 10.7. The van der Waals surface area contributed by atoms with E-state index in [9.17, 15) is 10.1 Å². The molecule has 112 valence electrons. The molecule has 0 radical (unpaired) electrons. The quantitative estimate of drug-likeness (QED) is 0.584. The van der Waals surface area contributed by atoms with Crippen LogP contribution in [0.25, 0.3) is 0 Å². The Hall–Kier alpha value is -1.60. The summed E-state index contributed by atoms with van der Waals surface area (Å²) < 4.78 is 6.59. The number of nitro groups is 1. The van der Waals surface area contributed by atoms with Crippen LogP contribution in [0.2, 0.25) is 0 Å². The number of hydrogen-bond acceptors (Lipinski definition) is 5. The van der Waals surface area contributed by atoms with Crippen LogP contribution in [-0.4, -0.2) is 11.0 Å². The Morgan fingerprint density at radius 3 is 2.76 bits per heavy atom. The highest BCUT2D eigenvalue weighted by Crippen LogP contribution is 2.28. The summed E-state index contributed by atoms with van der Waals surface area (Å²) in [6.07, 6.45) is -0.0358. The molecule has 1 heterocycles. The molecular formula is C14H15BrN2O3S. The van der Waals surface area contributed by atoms with E-state index in [0.717, 1.165) is 9.35 Å². The summed E-state index contributed by atoms with van der Waals surface area (Å²) in [6.45, 7) is 4.37. The summed E-state index contributed by atoms with van der Waals surface area (Å²) in [7, 11) is 0. The van der Waals surface area contributed by atoms with Crippen molar-refractivity contribution in [2.45, 2.75) is 26.5 Å². The van der Waals surface area contributed by atoms with Crippen LogP contribution in [0.5, 0.6) is 5.75 Å². The predicted molar refractivity (Wildman–Crippen MR) is 88.2 cm³/mol. The fourth-order valence-electron chi connectivity index (χ4n) is 1.76. The van der Waals surface area contributed by atoms with Crippen molar-refractivity contribution in [3.05, 3.63) is 49.1 Å². The Morgan fingerprint density at radius 1 is 1.43 bits per heavy atom. The van der Waals surface area contributed by atoms with E-state index in [-0.39, 0.29) is 11.8 Å². The second-order valence-electron chi connectivity index (χ2n) is 4.68. The van der Waals surface area contributed by atoms with Gasteiger partial charge in [0.2, 0.25) is 0 Å². The first-order valence-electron chi connectivity index (χ1n) is 6.37. The number of nitro benzene ring substituents is 1. The van der Waals surface area contributed by atoms with Crippen molar-refractivity contribution in [2.75, 3.05) is 5.32 Å². The zero-order chi connectivity index (χ0) is 15.4. The molecule has 1 N–H and O–H groups in total. The number of anilines is 1. The van der Waals surface area contributed by atoms with Crippen molar-refractivity contribution < 1.29 is 9.66 Å². The lowest BCUT2D eigenvalue weighted by Gasteiger charge is -2.12. The van der Waals surface area contributed by atoms with Gasteiger partial charge in [-0.3, -0.25) is 10.1 Å². The first-order chi connectivity index (χ1) is 9.95. The Morgan fingerprint density at radius 2 is 2.19 bits per heavy atom. The third kappa shape index (κ3) is 4.44. The number of thiophene rings is 1. The number of halogens is 1. The van der Waals surface area contributed by atoms with E-state index in [1.807, 2.05) is 25.3 Å². The van der Waals surface area contributed by atoms with Crippen LogP contribution >= 0.6 is 27.3 Å². The van der Waals surface area contributed by atoms with Gasteiger partial charge >= 0.3 is 0 Å². The third-order valence-electron chi connectivity index (χ3n) is 2.62. The standard InChI is InChI=1S/C14H15BrN2O3S/c1-9(2)20-12-6-10(5-11(7-12)17(18)19)16-8-14-13(15)3-4-21-14/h3-7,9,16H,8H2,1-2H3. The van der Waals surface area contributed by atoms with E-state index >= 15 is 0 Å². The van der Waals surface area contributed by atoms with Crippen molar-refractivity contribution in [1.82, 2.24) is 0 Å². The van der Waals surface area contributed by atoms with Crippen molar-refractivity contribution in [2.24, 2.45) is 0 Å². The highest BCUT2D eigenvalue weighted by molar-refractivity contribution is 9.10. The molecule has 1 aromatic heterocycles. The highest BCUT2D eigenvalue weighted by atomic mass is 79.9. The lowest BCUT2D eigenvalue weighted by molar-refractivity contribution is -0.384. The molecule has 0 aliphatic carbocycles. The number of ether oxygens (including phenoxy) is 1. The molecule has 21 heavy (non-hydrogen) atoms. The van der Waals surface area contributed by atoms with E-state index in [2.05, 4.69) is 21.2 Å². The molecule has 0 aliphatic heterocycles. The fourth-order valence-corrected chi connectivity index (χ4v) is 3.20. The Labute approximate surface area is 135 Å². The first kappa shape index (κ1) is 15.8. The topological polar surface area (TPSA) is 64.4 Å². The van der Waals surface area contributed by atoms with Crippen molar-refractivity contribution >= 4 is 38.6 Å². The fraction of sp³-hybridized carbons (Fsp3) is 0.286. The smallest absolute Gasteiger partial charge is 0.275 e. The summed E-state index contributed by atoms with van der Waals surface area (Å²) in [6, 6.07) is 6.69.